The molecule has 1 fully saturated rings. The smallest absolute Gasteiger partial charge is 0.288 e. The Hall–Kier alpha value is -1.35. The fourth-order valence-electron chi connectivity index (χ4n) is 2.43. The van der Waals surface area contributed by atoms with Crippen LogP contribution in [-0.2, 0) is 14.6 Å². The number of thioether (sulfide) groups is 1. The summed E-state index contributed by atoms with van der Waals surface area (Å²) in [5, 5.41) is 5.61. The molecule has 0 radical (unpaired) electrons. The highest BCUT2D eigenvalue weighted by Crippen LogP contribution is 2.26. The Kier molecular flexibility index (Phi) is 5.51. The number of amides is 1. The van der Waals surface area contributed by atoms with Gasteiger partial charge in [-0.3, -0.25) is 4.79 Å². The van der Waals surface area contributed by atoms with Crippen molar-refractivity contribution in [2.75, 3.05) is 23.4 Å². The number of carbonyl (C=O) groups is 1. The van der Waals surface area contributed by atoms with Crippen LogP contribution in [0.4, 0.5) is 14.5 Å². The number of sulfone groups is 1. The number of hydrogen-bond acceptors (Lipinski definition) is 5. The van der Waals surface area contributed by atoms with Crippen molar-refractivity contribution in [1.29, 1.82) is 0 Å². The van der Waals surface area contributed by atoms with Crippen molar-refractivity contribution in [2.45, 2.75) is 29.5 Å². The van der Waals surface area contributed by atoms with Crippen LogP contribution in [0.2, 0.25) is 0 Å². The van der Waals surface area contributed by atoms with Crippen molar-refractivity contribution in [1.82, 2.24) is 5.32 Å². The number of anilines is 1. The minimum absolute atomic E-state index is 0.0169. The third kappa shape index (κ3) is 5.65. The fraction of sp³-hybridized carbons (Fsp3) is 0.500. The summed E-state index contributed by atoms with van der Waals surface area (Å²) in [4.78, 5) is 12.4. The van der Waals surface area contributed by atoms with E-state index in [2.05, 4.69) is 10.6 Å². The standard InChI is InChI=1S/C14H18F2N2O3S2/c1-14(6-7-23(20,21)9-14)18-12(19)8-17-10-2-4-11(5-3-10)22-13(15)16/h2-5,13,17H,6-9H2,1H3,(H,18,19)/t14-/m1/s1. The lowest BCUT2D eigenvalue weighted by Crippen LogP contribution is -2.48. The average Bonchev–Trinajstić information content (AvgIpc) is 2.71. The number of nitrogens with one attached hydrogen (secondary N) is 2. The summed E-state index contributed by atoms with van der Waals surface area (Å²) in [5.41, 5.74) is -0.0991. The van der Waals surface area contributed by atoms with Crippen molar-refractivity contribution in [3.8, 4) is 0 Å². The molecule has 1 heterocycles. The van der Waals surface area contributed by atoms with Gasteiger partial charge >= 0.3 is 0 Å². The van der Waals surface area contributed by atoms with Gasteiger partial charge < -0.3 is 10.6 Å². The molecule has 0 saturated carbocycles. The van der Waals surface area contributed by atoms with Gasteiger partial charge in [-0.1, -0.05) is 11.8 Å². The molecule has 0 aromatic heterocycles. The highest BCUT2D eigenvalue weighted by Gasteiger charge is 2.39. The molecule has 1 atom stereocenters. The molecule has 1 saturated heterocycles. The monoisotopic (exact) mass is 364 g/mol. The van der Waals surface area contributed by atoms with E-state index in [0.717, 1.165) is 0 Å². The van der Waals surface area contributed by atoms with Gasteiger partial charge in [-0.15, -0.1) is 0 Å². The summed E-state index contributed by atoms with van der Waals surface area (Å²) < 4.78 is 47.4. The first-order chi connectivity index (χ1) is 10.7. The molecule has 0 unspecified atom stereocenters. The maximum absolute atomic E-state index is 12.2. The third-order valence-corrected chi connectivity index (χ3v) is 6.10. The maximum atomic E-state index is 12.2. The third-order valence-electron chi connectivity index (χ3n) is 3.48. The summed E-state index contributed by atoms with van der Waals surface area (Å²) >= 11 is 0.455. The summed E-state index contributed by atoms with van der Waals surface area (Å²) in [5.74, 6) is -2.75. The van der Waals surface area contributed by atoms with E-state index in [1.807, 2.05) is 0 Å². The molecule has 5 nitrogen and oxygen atoms in total. The van der Waals surface area contributed by atoms with Gasteiger partial charge in [0.15, 0.2) is 9.84 Å². The normalized spacial score (nSPS) is 23.0. The molecule has 2 rings (SSSR count). The Morgan fingerprint density at radius 2 is 2.00 bits per heavy atom. The largest absolute Gasteiger partial charge is 0.376 e. The SMILES string of the molecule is C[C@@]1(NC(=O)CNc2ccc(SC(F)F)cc2)CCS(=O)(=O)C1. The lowest BCUT2D eigenvalue weighted by Gasteiger charge is -2.24. The lowest BCUT2D eigenvalue weighted by atomic mass is 10.0. The van der Waals surface area contributed by atoms with E-state index in [1.165, 1.54) is 0 Å². The van der Waals surface area contributed by atoms with Crippen molar-refractivity contribution in [3.63, 3.8) is 0 Å². The Bertz CT molecular complexity index is 665. The molecule has 9 heteroatoms. The molecular weight excluding hydrogens is 346 g/mol. The van der Waals surface area contributed by atoms with Crippen LogP contribution >= 0.6 is 11.8 Å². The molecule has 23 heavy (non-hydrogen) atoms. The molecule has 2 N–H and O–H groups in total. The van der Waals surface area contributed by atoms with Gasteiger partial charge in [0.2, 0.25) is 5.91 Å². The Balaban J connectivity index is 1.83. The van der Waals surface area contributed by atoms with Crippen LogP contribution < -0.4 is 10.6 Å². The van der Waals surface area contributed by atoms with Crippen molar-refractivity contribution < 1.29 is 22.0 Å². The Morgan fingerprint density at radius 1 is 1.35 bits per heavy atom. The number of halogens is 2. The molecule has 0 bridgehead atoms. The first-order valence-corrected chi connectivity index (χ1v) is 9.68. The fourth-order valence-corrected chi connectivity index (χ4v) is 5.02. The maximum Gasteiger partial charge on any atom is 0.288 e. The minimum Gasteiger partial charge on any atom is -0.376 e. The van der Waals surface area contributed by atoms with Crippen LogP contribution in [0.5, 0.6) is 0 Å². The number of carbonyl (C=O) groups excluding carboxylic acids is 1. The van der Waals surface area contributed by atoms with E-state index < -0.39 is 21.1 Å². The number of alkyl halides is 2. The van der Waals surface area contributed by atoms with Gasteiger partial charge in [-0.25, -0.2) is 8.42 Å². The van der Waals surface area contributed by atoms with Gasteiger partial charge in [-0.2, -0.15) is 8.78 Å². The van der Waals surface area contributed by atoms with Gasteiger partial charge in [0.1, 0.15) is 0 Å². The van der Waals surface area contributed by atoms with Crippen LogP contribution in [0.3, 0.4) is 0 Å². The molecule has 1 aromatic carbocycles. The second-order valence-corrected chi connectivity index (χ2v) is 8.95. The van der Waals surface area contributed by atoms with Crippen molar-refractivity contribution in [3.05, 3.63) is 24.3 Å². The molecular formula is C14H18F2N2O3S2. The molecule has 128 valence electrons. The molecule has 1 aliphatic rings. The molecule has 1 amide bonds. The van der Waals surface area contributed by atoms with Crippen LogP contribution in [0.1, 0.15) is 13.3 Å². The summed E-state index contributed by atoms with van der Waals surface area (Å²) in [6, 6.07) is 6.31. The zero-order chi connectivity index (χ0) is 17.1. The number of rotatable bonds is 6. The van der Waals surface area contributed by atoms with Crippen molar-refractivity contribution >= 4 is 33.2 Å². The quantitative estimate of drug-likeness (QED) is 0.756. The van der Waals surface area contributed by atoms with Crippen LogP contribution in [-0.4, -0.2) is 43.7 Å². The van der Waals surface area contributed by atoms with E-state index >= 15 is 0 Å². The first-order valence-electron chi connectivity index (χ1n) is 6.98. The Labute approximate surface area is 138 Å². The van der Waals surface area contributed by atoms with Gasteiger partial charge in [0.05, 0.1) is 23.6 Å². The predicted molar refractivity (Wildman–Crippen MR) is 86.6 cm³/mol. The zero-order valence-corrected chi connectivity index (χ0v) is 14.1. The lowest BCUT2D eigenvalue weighted by molar-refractivity contribution is -0.120. The second kappa shape index (κ2) is 7.04. The highest BCUT2D eigenvalue weighted by atomic mass is 32.2. The zero-order valence-electron chi connectivity index (χ0n) is 12.5. The Morgan fingerprint density at radius 3 is 2.52 bits per heavy atom. The topological polar surface area (TPSA) is 75.3 Å². The van der Waals surface area contributed by atoms with E-state index in [-0.39, 0.29) is 24.0 Å². The van der Waals surface area contributed by atoms with Gasteiger partial charge in [-0.05, 0) is 37.6 Å². The molecule has 0 spiro atoms. The molecule has 1 aromatic rings. The summed E-state index contributed by atoms with van der Waals surface area (Å²) in [6.45, 7) is 1.70. The van der Waals surface area contributed by atoms with Gasteiger partial charge in [0, 0.05) is 10.6 Å². The van der Waals surface area contributed by atoms with Crippen molar-refractivity contribution in [2.24, 2.45) is 0 Å². The summed E-state index contributed by atoms with van der Waals surface area (Å²) in [7, 11) is -3.08. The van der Waals surface area contributed by atoms with E-state index in [4.69, 9.17) is 0 Å². The first kappa shape index (κ1) is 18.0. The van der Waals surface area contributed by atoms with Crippen LogP contribution in [0.25, 0.3) is 0 Å². The predicted octanol–water partition coefficient (Wildman–Crippen LogP) is 2.11. The van der Waals surface area contributed by atoms with E-state index in [0.29, 0.717) is 28.8 Å². The number of hydrogen-bond donors (Lipinski definition) is 2. The summed E-state index contributed by atoms with van der Waals surface area (Å²) in [6.07, 6.45) is 0.403. The minimum atomic E-state index is -3.08. The highest BCUT2D eigenvalue weighted by molar-refractivity contribution is 7.99. The van der Waals surface area contributed by atoms with Crippen LogP contribution in [0, 0.1) is 0 Å². The van der Waals surface area contributed by atoms with Crippen LogP contribution in [0.15, 0.2) is 29.2 Å². The second-order valence-electron chi connectivity index (χ2n) is 5.71. The molecule has 0 aliphatic carbocycles. The van der Waals surface area contributed by atoms with E-state index in [1.54, 1.807) is 31.2 Å². The van der Waals surface area contributed by atoms with Gasteiger partial charge in [0.25, 0.3) is 5.76 Å². The van der Waals surface area contributed by atoms with E-state index in [9.17, 15) is 22.0 Å². The number of benzene rings is 1. The average molecular weight is 364 g/mol. The molecule has 1 aliphatic heterocycles.